The highest BCUT2D eigenvalue weighted by Crippen LogP contribution is 2.00. The van der Waals surface area contributed by atoms with Crippen LogP contribution < -0.4 is 0 Å². The molecule has 0 aliphatic rings. The fourth-order valence-corrected chi connectivity index (χ4v) is 1.16. The highest BCUT2D eigenvalue weighted by Gasteiger charge is 1.98. The van der Waals surface area contributed by atoms with E-state index < -0.39 is 0 Å². The molecule has 15 heavy (non-hydrogen) atoms. The minimum Gasteiger partial charge on any atom is -0.302 e. The van der Waals surface area contributed by atoms with Gasteiger partial charge in [0.1, 0.15) is 0 Å². The number of likely N-dealkylation sites (N-methyl/N-ethyl adjacent to an activating group) is 1. The first-order valence-electron chi connectivity index (χ1n) is 5.87. The van der Waals surface area contributed by atoms with Crippen molar-refractivity contribution in [1.29, 1.82) is 0 Å². The first-order valence-corrected chi connectivity index (χ1v) is 5.87. The zero-order valence-corrected chi connectivity index (χ0v) is 10.9. The van der Waals surface area contributed by atoms with Crippen molar-refractivity contribution in [2.75, 3.05) is 20.1 Å². The van der Waals surface area contributed by atoms with E-state index in [0.717, 1.165) is 13.1 Å². The lowest BCUT2D eigenvalue weighted by Crippen LogP contribution is -2.21. The van der Waals surface area contributed by atoms with Crippen molar-refractivity contribution in [3.05, 3.63) is 37.0 Å². The summed E-state index contributed by atoms with van der Waals surface area (Å²) in [5.74, 6) is 0. The molecule has 0 heterocycles. The van der Waals surface area contributed by atoms with Gasteiger partial charge in [0.05, 0.1) is 0 Å². The Morgan fingerprint density at radius 3 is 2.27 bits per heavy atom. The zero-order chi connectivity index (χ0) is 12.1. The summed E-state index contributed by atoms with van der Waals surface area (Å²) < 4.78 is 0. The van der Waals surface area contributed by atoms with Crippen LogP contribution in [0.2, 0.25) is 0 Å². The summed E-state index contributed by atoms with van der Waals surface area (Å²) in [6.07, 6.45) is 8.22. The van der Waals surface area contributed by atoms with Crippen LogP contribution >= 0.6 is 0 Å². The second-order valence-corrected chi connectivity index (χ2v) is 3.27. The molecule has 0 spiro atoms. The lowest BCUT2D eigenvalue weighted by Gasteiger charge is -2.16. The maximum atomic E-state index is 3.77. The van der Waals surface area contributed by atoms with Gasteiger partial charge in [0.15, 0.2) is 0 Å². The SMILES string of the molecule is C=C/C=C(\C=C)CN(C)CCCC.CC. The largest absolute Gasteiger partial charge is 0.302 e. The molecule has 0 aromatic carbocycles. The van der Waals surface area contributed by atoms with Gasteiger partial charge in [0.2, 0.25) is 0 Å². The standard InChI is InChI=1S/C12H21N.C2H6/c1-5-8-10-13(4)11-12(7-3)9-6-2;1-2/h6-7,9H,2-3,5,8,10-11H2,1,4H3;1-2H3/b12-9+;. The number of rotatable bonds is 7. The molecule has 0 radical (unpaired) electrons. The van der Waals surface area contributed by atoms with Crippen LogP contribution in [0.3, 0.4) is 0 Å². The first kappa shape index (κ1) is 16.6. The smallest absolute Gasteiger partial charge is 0.0230 e. The Morgan fingerprint density at radius 2 is 1.87 bits per heavy atom. The normalized spacial score (nSPS) is 10.6. The van der Waals surface area contributed by atoms with Crippen LogP contribution in [0.15, 0.2) is 37.0 Å². The summed E-state index contributed by atoms with van der Waals surface area (Å²) in [6.45, 7) is 15.8. The maximum Gasteiger partial charge on any atom is 0.0230 e. The molecular weight excluding hydrogens is 182 g/mol. The quantitative estimate of drug-likeness (QED) is 0.572. The second-order valence-electron chi connectivity index (χ2n) is 3.27. The molecule has 0 aromatic heterocycles. The molecule has 0 amide bonds. The summed E-state index contributed by atoms with van der Waals surface area (Å²) in [5.41, 5.74) is 1.23. The van der Waals surface area contributed by atoms with Crippen LogP contribution in [0.1, 0.15) is 33.6 Å². The summed E-state index contributed by atoms with van der Waals surface area (Å²) in [5, 5.41) is 0. The van der Waals surface area contributed by atoms with Crippen LogP contribution in [-0.4, -0.2) is 25.0 Å². The predicted octanol–water partition coefficient (Wildman–Crippen LogP) is 4.04. The van der Waals surface area contributed by atoms with Crippen molar-refractivity contribution >= 4 is 0 Å². The second kappa shape index (κ2) is 13.2. The molecule has 0 atom stereocenters. The third kappa shape index (κ3) is 11.1. The monoisotopic (exact) mass is 209 g/mol. The van der Waals surface area contributed by atoms with E-state index in [2.05, 4.69) is 32.0 Å². The average molecular weight is 209 g/mol. The van der Waals surface area contributed by atoms with E-state index >= 15 is 0 Å². The molecule has 1 heteroatoms. The molecule has 0 aliphatic heterocycles. The van der Waals surface area contributed by atoms with E-state index in [1.54, 1.807) is 0 Å². The Labute approximate surface area is 96.2 Å². The van der Waals surface area contributed by atoms with Gasteiger partial charge in [-0.05, 0) is 25.6 Å². The fourth-order valence-electron chi connectivity index (χ4n) is 1.16. The number of nitrogens with zero attached hydrogens (tertiary/aromatic N) is 1. The number of unbranched alkanes of at least 4 members (excludes halogenated alkanes) is 1. The first-order chi connectivity index (χ1) is 7.24. The molecule has 0 fully saturated rings. The Kier molecular flexibility index (Phi) is 14.6. The van der Waals surface area contributed by atoms with Gasteiger partial charge in [-0.15, -0.1) is 0 Å². The zero-order valence-electron chi connectivity index (χ0n) is 10.9. The summed E-state index contributed by atoms with van der Waals surface area (Å²) in [7, 11) is 2.14. The van der Waals surface area contributed by atoms with E-state index in [0.29, 0.717) is 0 Å². The van der Waals surface area contributed by atoms with E-state index in [1.165, 1.54) is 18.4 Å². The van der Waals surface area contributed by atoms with Crippen LogP contribution in [0, 0.1) is 0 Å². The van der Waals surface area contributed by atoms with Gasteiger partial charge >= 0.3 is 0 Å². The number of hydrogen-bond acceptors (Lipinski definition) is 1. The van der Waals surface area contributed by atoms with Gasteiger partial charge in [-0.3, -0.25) is 0 Å². The summed E-state index contributed by atoms with van der Waals surface area (Å²) in [4.78, 5) is 2.31. The molecule has 0 rings (SSSR count). The van der Waals surface area contributed by atoms with Crippen LogP contribution in [-0.2, 0) is 0 Å². The highest BCUT2D eigenvalue weighted by atomic mass is 15.1. The van der Waals surface area contributed by atoms with Crippen LogP contribution in [0.25, 0.3) is 0 Å². The Morgan fingerprint density at radius 1 is 1.27 bits per heavy atom. The van der Waals surface area contributed by atoms with E-state index in [1.807, 2.05) is 32.1 Å². The van der Waals surface area contributed by atoms with Crippen molar-refractivity contribution in [3.63, 3.8) is 0 Å². The van der Waals surface area contributed by atoms with Crippen LogP contribution in [0.5, 0.6) is 0 Å². The van der Waals surface area contributed by atoms with Crippen molar-refractivity contribution in [3.8, 4) is 0 Å². The number of hydrogen-bond donors (Lipinski definition) is 0. The van der Waals surface area contributed by atoms with E-state index in [9.17, 15) is 0 Å². The lowest BCUT2D eigenvalue weighted by molar-refractivity contribution is 0.357. The van der Waals surface area contributed by atoms with Crippen molar-refractivity contribution in [2.45, 2.75) is 33.6 Å². The predicted molar refractivity (Wildman–Crippen MR) is 72.2 cm³/mol. The minimum absolute atomic E-state index is 0.968. The molecule has 0 N–H and O–H groups in total. The lowest BCUT2D eigenvalue weighted by atomic mass is 10.2. The van der Waals surface area contributed by atoms with Crippen molar-refractivity contribution < 1.29 is 0 Å². The molecule has 1 nitrogen and oxygen atoms in total. The molecule has 0 aromatic rings. The molecule has 0 aliphatic carbocycles. The summed E-state index contributed by atoms with van der Waals surface area (Å²) in [6, 6.07) is 0. The van der Waals surface area contributed by atoms with Gasteiger partial charge < -0.3 is 4.90 Å². The highest BCUT2D eigenvalue weighted by molar-refractivity contribution is 5.22. The van der Waals surface area contributed by atoms with Gasteiger partial charge in [0, 0.05) is 6.54 Å². The van der Waals surface area contributed by atoms with Crippen molar-refractivity contribution in [2.24, 2.45) is 0 Å². The van der Waals surface area contributed by atoms with Crippen LogP contribution in [0.4, 0.5) is 0 Å². The third-order valence-electron chi connectivity index (χ3n) is 1.94. The Balaban J connectivity index is 0. The van der Waals surface area contributed by atoms with Crippen molar-refractivity contribution in [1.82, 2.24) is 4.90 Å². The number of allylic oxidation sites excluding steroid dienone is 2. The average Bonchev–Trinajstić information content (AvgIpc) is 2.28. The summed E-state index contributed by atoms with van der Waals surface area (Å²) >= 11 is 0. The van der Waals surface area contributed by atoms with Gasteiger partial charge in [-0.25, -0.2) is 0 Å². The molecular formula is C14H27N. The molecule has 88 valence electrons. The maximum absolute atomic E-state index is 3.77. The Hall–Kier alpha value is -0.820. The Bertz CT molecular complexity index is 180. The minimum atomic E-state index is 0.968. The molecule has 0 bridgehead atoms. The van der Waals surface area contributed by atoms with Gasteiger partial charge in [-0.1, -0.05) is 58.6 Å². The van der Waals surface area contributed by atoms with E-state index in [-0.39, 0.29) is 0 Å². The van der Waals surface area contributed by atoms with Gasteiger partial charge in [0.25, 0.3) is 0 Å². The van der Waals surface area contributed by atoms with E-state index in [4.69, 9.17) is 0 Å². The molecule has 0 unspecified atom stereocenters. The van der Waals surface area contributed by atoms with Gasteiger partial charge in [-0.2, -0.15) is 0 Å². The topological polar surface area (TPSA) is 3.24 Å². The molecule has 0 saturated heterocycles. The third-order valence-corrected chi connectivity index (χ3v) is 1.94. The molecule has 0 saturated carbocycles. The fraction of sp³-hybridized carbons (Fsp3) is 0.571.